The van der Waals surface area contributed by atoms with Crippen LogP contribution in [0.4, 0.5) is 0 Å². The minimum Gasteiger partial charge on any atom is -0.464 e. The first kappa shape index (κ1) is 11.1. The van der Waals surface area contributed by atoms with Gasteiger partial charge in [-0.25, -0.2) is 4.79 Å². The van der Waals surface area contributed by atoms with Crippen LogP contribution in [0, 0.1) is 0 Å². The van der Waals surface area contributed by atoms with Crippen molar-refractivity contribution in [3.05, 3.63) is 35.9 Å². The maximum Gasteiger partial charge on any atom is 0.331 e. The third-order valence-corrected chi connectivity index (χ3v) is 2.35. The lowest BCUT2D eigenvalue weighted by Crippen LogP contribution is -2.28. The highest BCUT2D eigenvalue weighted by Gasteiger charge is 2.33. The standard InChI is InChI=1S/C11H13ClO2/c1-3-14-10(13)11(2,12)9-7-5-4-6-8-9/h4-8H,3H2,1-2H3. The highest BCUT2D eigenvalue weighted by molar-refractivity contribution is 6.33. The van der Waals surface area contributed by atoms with E-state index in [2.05, 4.69) is 0 Å². The van der Waals surface area contributed by atoms with Crippen LogP contribution in [0.2, 0.25) is 0 Å². The van der Waals surface area contributed by atoms with E-state index in [0.717, 1.165) is 5.56 Å². The Labute approximate surface area is 88.8 Å². The Kier molecular flexibility index (Phi) is 3.53. The molecule has 0 aliphatic rings. The molecule has 0 aromatic heterocycles. The number of carbonyl (C=O) groups is 1. The second kappa shape index (κ2) is 4.47. The highest BCUT2D eigenvalue weighted by atomic mass is 35.5. The Bertz CT molecular complexity index is 306. The monoisotopic (exact) mass is 212 g/mol. The molecule has 0 N–H and O–H groups in total. The number of rotatable bonds is 3. The molecule has 0 bridgehead atoms. The molecule has 1 aromatic carbocycles. The van der Waals surface area contributed by atoms with Crippen molar-refractivity contribution < 1.29 is 9.53 Å². The number of alkyl halides is 1. The van der Waals surface area contributed by atoms with E-state index < -0.39 is 10.8 Å². The van der Waals surface area contributed by atoms with Crippen molar-refractivity contribution in [1.29, 1.82) is 0 Å². The van der Waals surface area contributed by atoms with Crippen LogP contribution >= 0.6 is 11.6 Å². The van der Waals surface area contributed by atoms with Crippen LogP contribution in [0.3, 0.4) is 0 Å². The molecule has 2 nitrogen and oxygen atoms in total. The van der Waals surface area contributed by atoms with E-state index >= 15 is 0 Å². The van der Waals surface area contributed by atoms with Crippen molar-refractivity contribution in [3.63, 3.8) is 0 Å². The minimum atomic E-state index is -1.09. The topological polar surface area (TPSA) is 26.3 Å². The zero-order valence-corrected chi connectivity index (χ0v) is 9.04. The van der Waals surface area contributed by atoms with E-state index in [1.165, 1.54) is 0 Å². The number of esters is 1. The lowest BCUT2D eigenvalue weighted by Gasteiger charge is -2.19. The molecule has 0 aliphatic carbocycles. The van der Waals surface area contributed by atoms with E-state index in [-0.39, 0.29) is 0 Å². The zero-order valence-electron chi connectivity index (χ0n) is 8.29. The third-order valence-electron chi connectivity index (χ3n) is 1.97. The minimum absolute atomic E-state index is 0.341. The van der Waals surface area contributed by atoms with Gasteiger partial charge in [-0.1, -0.05) is 30.3 Å². The van der Waals surface area contributed by atoms with Crippen molar-refractivity contribution in [2.75, 3.05) is 6.61 Å². The van der Waals surface area contributed by atoms with Crippen molar-refractivity contribution in [1.82, 2.24) is 0 Å². The molecule has 3 heteroatoms. The molecule has 0 radical (unpaired) electrons. The van der Waals surface area contributed by atoms with Gasteiger partial charge < -0.3 is 4.74 Å². The van der Waals surface area contributed by atoms with Gasteiger partial charge in [-0.05, 0) is 19.4 Å². The Morgan fingerprint density at radius 2 is 2.00 bits per heavy atom. The molecule has 0 spiro atoms. The van der Waals surface area contributed by atoms with Crippen molar-refractivity contribution in [2.24, 2.45) is 0 Å². The van der Waals surface area contributed by atoms with Gasteiger partial charge in [0.05, 0.1) is 6.61 Å². The molecule has 1 unspecified atom stereocenters. The first-order valence-electron chi connectivity index (χ1n) is 4.50. The smallest absolute Gasteiger partial charge is 0.331 e. The molecular weight excluding hydrogens is 200 g/mol. The summed E-state index contributed by atoms with van der Waals surface area (Å²) < 4.78 is 4.89. The number of ether oxygens (including phenoxy) is 1. The Balaban J connectivity index is 2.90. The van der Waals surface area contributed by atoms with Crippen LogP contribution in [-0.2, 0) is 14.4 Å². The quantitative estimate of drug-likeness (QED) is 0.569. The SMILES string of the molecule is CCOC(=O)C(C)(Cl)c1ccccc1. The van der Waals surface area contributed by atoms with Gasteiger partial charge >= 0.3 is 5.97 Å². The molecule has 14 heavy (non-hydrogen) atoms. The van der Waals surface area contributed by atoms with Crippen molar-refractivity contribution >= 4 is 17.6 Å². The van der Waals surface area contributed by atoms with E-state index in [1.807, 2.05) is 30.3 Å². The number of benzene rings is 1. The van der Waals surface area contributed by atoms with Crippen molar-refractivity contribution in [2.45, 2.75) is 18.7 Å². The summed E-state index contributed by atoms with van der Waals surface area (Å²) in [7, 11) is 0. The Morgan fingerprint density at radius 3 is 2.50 bits per heavy atom. The predicted molar refractivity (Wildman–Crippen MR) is 56.3 cm³/mol. The molecule has 0 saturated carbocycles. The summed E-state index contributed by atoms with van der Waals surface area (Å²) in [6.07, 6.45) is 0. The number of carbonyl (C=O) groups excluding carboxylic acids is 1. The summed E-state index contributed by atoms with van der Waals surface area (Å²) >= 11 is 6.12. The maximum atomic E-state index is 11.5. The van der Waals surface area contributed by atoms with Crippen LogP contribution < -0.4 is 0 Å². The van der Waals surface area contributed by atoms with Crippen LogP contribution in [0.25, 0.3) is 0 Å². The summed E-state index contributed by atoms with van der Waals surface area (Å²) in [5.41, 5.74) is 0.750. The van der Waals surface area contributed by atoms with Gasteiger partial charge in [-0.3, -0.25) is 0 Å². The lowest BCUT2D eigenvalue weighted by molar-refractivity contribution is -0.146. The summed E-state index contributed by atoms with van der Waals surface area (Å²) in [6.45, 7) is 3.74. The first-order valence-corrected chi connectivity index (χ1v) is 4.88. The van der Waals surface area contributed by atoms with Gasteiger partial charge in [0, 0.05) is 0 Å². The predicted octanol–water partition coefficient (Wildman–Crippen LogP) is 2.70. The number of hydrogen-bond donors (Lipinski definition) is 0. The average molecular weight is 213 g/mol. The molecule has 0 fully saturated rings. The first-order chi connectivity index (χ1) is 6.59. The summed E-state index contributed by atoms with van der Waals surface area (Å²) in [4.78, 5) is 10.4. The molecule has 0 saturated heterocycles. The zero-order chi connectivity index (χ0) is 10.6. The second-order valence-corrected chi connectivity index (χ2v) is 3.85. The van der Waals surface area contributed by atoms with E-state index in [0.29, 0.717) is 6.61 Å². The molecule has 0 heterocycles. The number of hydrogen-bond acceptors (Lipinski definition) is 2. The van der Waals surface area contributed by atoms with Gasteiger partial charge in [-0.2, -0.15) is 0 Å². The number of halogens is 1. The second-order valence-electron chi connectivity index (χ2n) is 3.09. The van der Waals surface area contributed by atoms with Gasteiger partial charge in [0.2, 0.25) is 0 Å². The van der Waals surface area contributed by atoms with Crippen LogP contribution in [0.1, 0.15) is 19.4 Å². The van der Waals surface area contributed by atoms with Crippen molar-refractivity contribution in [3.8, 4) is 0 Å². The molecular formula is C11H13ClO2. The van der Waals surface area contributed by atoms with Gasteiger partial charge in [0.15, 0.2) is 4.87 Å². The normalized spacial score (nSPS) is 14.5. The largest absolute Gasteiger partial charge is 0.464 e. The van der Waals surface area contributed by atoms with E-state index in [1.54, 1.807) is 13.8 Å². The van der Waals surface area contributed by atoms with E-state index in [4.69, 9.17) is 16.3 Å². The fourth-order valence-corrected chi connectivity index (χ4v) is 1.32. The van der Waals surface area contributed by atoms with Crippen LogP contribution in [0.5, 0.6) is 0 Å². The van der Waals surface area contributed by atoms with E-state index in [9.17, 15) is 4.79 Å². The van der Waals surface area contributed by atoms with Crippen LogP contribution in [0.15, 0.2) is 30.3 Å². The third kappa shape index (κ3) is 2.26. The molecule has 1 aromatic rings. The highest BCUT2D eigenvalue weighted by Crippen LogP contribution is 2.29. The van der Waals surface area contributed by atoms with Crippen LogP contribution in [-0.4, -0.2) is 12.6 Å². The van der Waals surface area contributed by atoms with Gasteiger partial charge in [0.25, 0.3) is 0 Å². The van der Waals surface area contributed by atoms with Gasteiger partial charge in [-0.15, -0.1) is 11.6 Å². The average Bonchev–Trinajstić information content (AvgIpc) is 2.19. The summed E-state index contributed by atoms with van der Waals surface area (Å²) in [5, 5.41) is 0. The van der Waals surface area contributed by atoms with Gasteiger partial charge in [0.1, 0.15) is 0 Å². The fraction of sp³-hybridized carbons (Fsp3) is 0.364. The lowest BCUT2D eigenvalue weighted by atomic mass is 10.0. The molecule has 76 valence electrons. The fourth-order valence-electron chi connectivity index (χ4n) is 1.14. The molecule has 0 amide bonds. The summed E-state index contributed by atoms with van der Waals surface area (Å²) in [5.74, 6) is -0.409. The molecule has 0 aliphatic heterocycles. The summed E-state index contributed by atoms with van der Waals surface area (Å²) in [6, 6.07) is 9.18. The Hall–Kier alpha value is -1.02. The Morgan fingerprint density at radius 1 is 1.43 bits per heavy atom. The maximum absolute atomic E-state index is 11.5. The molecule has 1 rings (SSSR count). The molecule has 1 atom stereocenters.